The molecule has 6 heteroatoms. The van der Waals surface area contributed by atoms with Crippen LogP contribution in [0.4, 0.5) is 18.9 Å². The fourth-order valence-corrected chi connectivity index (χ4v) is 2.97. The number of aromatic nitrogens is 2. The number of benzene rings is 1. The number of aryl methyl sites for hydroxylation is 1. The van der Waals surface area contributed by atoms with E-state index in [9.17, 15) is 13.2 Å². The summed E-state index contributed by atoms with van der Waals surface area (Å²) in [6.45, 7) is 1.71. The fourth-order valence-electron chi connectivity index (χ4n) is 2.97. The van der Waals surface area contributed by atoms with Gasteiger partial charge in [-0.25, -0.2) is 18.2 Å². The van der Waals surface area contributed by atoms with Crippen molar-refractivity contribution in [2.75, 3.05) is 18.0 Å². The van der Waals surface area contributed by atoms with Gasteiger partial charge in [0.2, 0.25) is 0 Å². The normalized spacial score (nSPS) is 17.2. The first-order chi connectivity index (χ1) is 10.4. The standard InChI is InChI=1S/C16H18F3N3/c1-3-12-13(17)8-11(15-20-5-7-21(15)2)9-14(12)22-6-4-16(18,19)10-22/h5,7-9H,3-4,6,10H2,1-2H3. The Hall–Kier alpha value is -1.98. The monoisotopic (exact) mass is 309 g/mol. The van der Waals surface area contributed by atoms with Crippen LogP contribution < -0.4 is 4.90 Å². The Labute approximate surface area is 127 Å². The molecule has 2 aromatic rings. The molecular weight excluding hydrogens is 291 g/mol. The molecule has 0 spiro atoms. The third-order valence-electron chi connectivity index (χ3n) is 4.12. The molecule has 22 heavy (non-hydrogen) atoms. The summed E-state index contributed by atoms with van der Waals surface area (Å²) in [7, 11) is 1.82. The highest BCUT2D eigenvalue weighted by atomic mass is 19.3. The van der Waals surface area contributed by atoms with Gasteiger partial charge in [0.05, 0.1) is 6.54 Å². The van der Waals surface area contributed by atoms with Crippen LogP contribution in [0.2, 0.25) is 0 Å². The van der Waals surface area contributed by atoms with Crippen LogP contribution in [0.3, 0.4) is 0 Å². The molecule has 0 saturated carbocycles. The van der Waals surface area contributed by atoms with Crippen LogP contribution in [0.25, 0.3) is 11.4 Å². The molecule has 1 saturated heterocycles. The van der Waals surface area contributed by atoms with Crippen LogP contribution in [-0.4, -0.2) is 28.6 Å². The molecule has 3 rings (SSSR count). The number of halogens is 3. The summed E-state index contributed by atoms with van der Waals surface area (Å²) in [6.07, 6.45) is 3.67. The molecule has 0 radical (unpaired) electrons. The van der Waals surface area contributed by atoms with Crippen LogP contribution in [-0.2, 0) is 13.5 Å². The molecule has 0 bridgehead atoms. The van der Waals surface area contributed by atoms with Gasteiger partial charge >= 0.3 is 0 Å². The summed E-state index contributed by atoms with van der Waals surface area (Å²) in [4.78, 5) is 5.79. The minimum Gasteiger partial charge on any atom is -0.365 e. The van der Waals surface area contributed by atoms with E-state index in [2.05, 4.69) is 4.98 Å². The van der Waals surface area contributed by atoms with E-state index < -0.39 is 5.92 Å². The highest BCUT2D eigenvalue weighted by Crippen LogP contribution is 2.36. The lowest BCUT2D eigenvalue weighted by Gasteiger charge is -2.23. The Kier molecular flexibility index (Phi) is 3.62. The molecule has 1 aliphatic rings. The van der Waals surface area contributed by atoms with Gasteiger partial charge in [-0.2, -0.15) is 0 Å². The first-order valence-corrected chi connectivity index (χ1v) is 7.34. The summed E-state index contributed by atoms with van der Waals surface area (Å²) in [6, 6.07) is 3.20. The first-order valence-electron chi connectivity index (χ1n) is 7.34. The van der Waals surface area contributed by atoms with Crippen molar-refractivity contribution in [3.8, 4) is 11.4 Å². The maximum atomic E-state index is 14.4. The van der Waals surface area contributed by atoms with Gasteiger partial charge in [0.15, 0.2) is 0 Å². The molecule has 0 atom stereocenters. The molecule has 1 aliphatic heterocycles. The Morgan fingerprint density at radius 3 is 2.64 bits per heavy atom. The average Bonchev–Trinajstić information content (AvgIpc) is 3.03. The first kappa shape index (κ1) is 14.9. The predicted molar refractivity (Wildman–Crippen MR) is 79.8 cm³/mol. The van der Waals surface area contributed by atoms with Crippen molar-refractivity contribution in [2.24, 2.45) is 7.05 Å². The third-order valence-corrected chi connectivity index (χ3v) is 4.12. The van der Waals surface area contributed by atoms with Crippen molar-refractivity contribution >= 4 is 5.69 Å². The molecule has 0 amide bonds. The topological polar surface area (TPSA) is 21.1 Å². The quantitative estimate of drug-likeness (QED) is 0.863. The van der Waals surface area contributed by atoms with E-state index in [1.54, 1.807) is 27.9 Å². The molecular formula is C16H18F3N3. The van der Waals surface area contributed by atoms with Gasteiger partial charge in [-0.1, -0.05) is 6.92 Å². The average molecular weight is 309 g/mol. The minimum atomic E-state index is -2.71. The van der Waals surface area contributed by atoms with Gasteiger partial charge in [-0.3, -0.25) is 0 Å². The van der Waals surface area contributed by atoms with Crippen LogP contribution in [0.15, 0.2) is 24.5 Å². The van der Waals surface area contributed by atoms with Gasteiger partial charge < -0.3 is 9.47 Å². The minimum absolute atomic E-state index is 0.190. The summed E-state index contributed by atoms with van der Waals surface area (Å²) in [5.41, 5.74) is 1.64. The predicted octanol–water partition coefficient (Wildman–Crippen LogP) is 3.63. The van der Waals surface area contributed by atoms with Crippen molar-refractivity contribution < 1.29 is 13.2 Å². The van der Waals surface area contributed by atoms with Crippen molar-refractivity contribution in [1.82, 2.24) is 9.55 Å². The number of hydrogen-bond donors (Lipinski definition) is 0. The van der Waals surface area contributed by atoms with Crippen molar-refractivity contribution in [1.29, 1.82) is 0 Å². The van der Waals surface area contributed by atoms with Crippen LogP contribution in [0, 0.1) is 5.82 Å². The Bertz CT molecular complexity index is 694. The Morgan fingerprint density at radius 2 is 2.09 bits per heavy atom. The largest absolute Gasteiger partial charge is 0.365 e. The lowest BCUT2D eigenvalue weighted by atomic mass is 10.0. The smallest absolute Gasteiger partial charge is 0.266 e. The van der Waals surface area contributed by atoms with E-state index in [4.69, 9.17) is 0 Å². The van der Waals surface area contributed by atoms with Gasteiger partial charge in [-0.15, -0.1) is 0 Å². The molecule has 1 fully saturated rings. The van der Waals surface area contributed by atoms with Crippen molar-refractivity contribution in [3.63, 3.8) is 0 Å². The fraction of sp³-hybridized carbons (Fsp3) is 0.438. The number of alkyl halides is 2. The number of hydrogen-bond acceptors (Lipinski definition) is 2. The van der Waals surface area contributed by atoms with Gasteiger partial charge in [-0.05, 0) is 18.6 Å². The zero-order valence-corrected chi connectivity index (χ0v) is 12.6. The number of rotatable bonds is 3. The number of nitrogens with zero attached hydrogens (tertiary/aromatic N) is 3. The van der Waals surface area contributed by atoms with Crippen molar-refractivity contribution in [3.05, 3.63) is 35.9 Å². The molecule has 0 unspecified atom stereocenters. The third kappa shape index (κ3) is 2.58. The summed E-state index contributed by atoms with van der Waals surface area (Å²) < 4.78 is 43.2. The van der Waals surface area contributed by atoms with Crippen LogP contribution >= 0.6 is 0 Å². The SMILES string of the molecule is CCc1c(F)cc(-c2nccn2C)cc1N1CCC(F)(F)C1. The maximum absolute atomic E-state index is 14.4. The summed E-state index contributed by atoms with van der Waals surface area (Å²) in [5, 5.41) is 0. The highest BCUT2D eigenvalue weighted by molar-refractivity contribution is 5.68. The summed E-state index contributed by atoms with van der Waals surface area (Å²) in [5.74, 6) is -2.46. The van der Waals surface area contributed by atoms with E-state index in [-0.39, 0.29) is 25.3 Å². The van der Waals surface area contributed by atoms with Gasteiger partial charge in [0.1, 0.15) is 11.6 Å². The van der Waals surface area contributed by atoms with Crippen LogP contribution in [0.5, 0.6) is 0 Å². The molecule has 0 N–H and O–H groups in total. The van der Waals surface area contributed by atoms with E-state index >= 15 is 0 Å². The second-order valence-electron chi connectivity index (χ2n) is 5.70. The maximum Gasteiger partial charge on any atom is 0.266 e. The molecule has 118 valence electrons. The zero-order valence-electron chi connectivity index (χ0n) is 12.6. The number of imidazole rings is 1. The van der Waals surface area contributed by atoms with E-state index in [0.717, 1.165) is 0 Å². The van der Waals surface area contributed by atoms with Gasteiger partial charge in [0, 0.05) is 49.2 Å². The second kappa shape index (κ2) is 5.34. The van der Waals surface area contributed by atoms with Crippen LogP contribution in [0.1, 0.15) is 18.9 Å². The van der Waals surface area contributed by atoms with E-state index in [0.29, 0.717) is 29.1 Å². The second-order valence-corrected chi connectivity index (χ2v) is 5.70. The van der Waals surface area contributed by atoms with E-state index in [1.807, 2.05) is 14.0 Å². The zero-order chi connectivity index (χ0) is 15.9. The molecule has 3 nitrogen and oxygen atoms in total. The molecule has 1 aromatic carbocycles. The van der Waals surface area contributed by atoms with Crippen molar-refractivity contribution in [2.45, 2.75) is 25.7 Å². The highest BCUT2D eigenvalue weighted by Gasteiger charge is 2.39. The molecule has 0 aliphatic carbocycles. The molecule has 1 aromatic heterocycles. The Balaban J connectivity index is 2.08. The molecule has 2 heterocycles. The number of anilines is 1. The van der Waals surface area contributed by atoms with E-state index in [1.165, 1.54) is 6.07 Å². The summed E-state index contributed by atoms with van der Waals surface area (Å²) >= 11 is 0. The lowest BCUT2D eigenvalue weighted by Crippen LogP contribution is -2.26. The Morgan fingerprint density at radius 1 is 1.32 bits per heavy atom. The lowest BCUT2D eigenvalue weighted by molar-refractivity contribution is 0.0257. The van der Waals surface area contributed by atoms with Gasteiger partial charge in [0.25, 0.3) is 5.92 Å².